The molecule has 0 unspecified atom stereocenters. The quantitative estimate of drug-likeness (QED) is 0.776. The summed E-state index contributed by atoms with van der Waals surface area (Å²) in [6.45, 7) is 4.35. The van der Waals surface area contributed by atoms with Crippen LogP contribution in [0.3, 0.4) is 0 Å². The Morgan fingerprint density at radius 2 is 2.05 bits per heavy atom. The molecule has 5 heteroatoms. The van der Waals surface area contributed by atoms with E-state index in [9.17, 15) is 9.59 Å². The van der Waals surface area contributed by atoms with Crippen molar-refractivity contribution in [2.45, 2.75) is 20.4 Å². The highest BCUT2D eigenvalue weighted by molar-refractivity contribution is 5.81. The highest BCUT2D eigenvalue weighted by Crippen LogP contribution is 2.25. The molecule has 1 aromatic carbocycles. The van der Waals surface area contributed by atoms with E-state index >= 15 is 0 Å². The molecule has 0 bridgehead atoms. The number of pyridine rings is 1. The van der Waals surface area contributed by atoms with Crippen LogP contribution in [0, 0.1) is 6.92 Å². The van der Waals surface area contributed by atoms with Crippen molar-refractivity contribution in [1.29, 1.82) is 0 Å². The van der Waals surface area contributed by atoms with Gasteiger partial charge in [0.2, 0.25) is 5.56 Å². The Kier molecular flexibility index (Phi) is 2.82. The fraction of sp³-hybridized carbons (Fsp3) is 0.200. The van der Waals surface area contributed by atoms with Crippen LogP contribution in [0.15, 0.2) is 44.5 Å². The summed E-state index contributed by atoms with van der Waals surface area (Å²) in [5, 5.41) is 0. The highest BCUT2D eigenvalue weighted by Gasteiger charge is 2.10. The van der Waals surface area contributed by atoms with E-state index in [4.69, 9.17) is 4.42 Å². The molecule has 0 aliphatic rings. The van der Waals surface area contributed by atoms with Crippen LogP contribution in [0.5, 0.6) is 0 Å². The molecule has 0 aliphatic heterocycles. The van der Waals surface area contributed by atoms with Crippen LogP contribution in [0.1, 0.15) is 12.5 Å². The Bertz CT molecular complexity index is 899. The number of aromatic amines is 1. The Morgan fingerprint density at radius 3 is 2.75 bits per heavy atom. The molecule has 2 aromatic heterocycles. The van der Waals surface area contributed by atoms with Crippen LogP contribution in [0.25, 0.3) is 22.2 Å². The molecular formula is C15H14N2O3. The molecule has 0 spiro atoms. The minimum absolute atomic E-state index is 0.129. The number of aryl methyl sites for hydroxylation is 2. The van der Waals surface area contributed by atoms with Crippen LogP contribution in [0.2, 0.25) is 0 Å². The number of aromatic nitrogens is 2. The van der Waals surface area contributed by atoms with Gasteiger partial charge in [0.25, 0.3) is 0 Å². The largest absolute Gasteiger partial charge is 0.419 e. The molecule has 20 heavy (non-hydrogen) atoms. The van der Waals surface area contributed by atoms with Crippen molar-refractivity contribution in [2.75, 3.05) is 0 Å². The fourth-order valence-corrected chi connectivity index (χ4v) is 2.42. The number of fused-ring (bicyclic) bond motifs is 1. The zero-order valence-corrected chi connectivity index (χ0v) is 11.3. The molecule has 0 amide bonds. The molecule has 0 aliphatic carbocycles. The van der Waals surface area contributed by atoms with Gasteiger partial charge in [-0.3, -0.25) is 9.36 Å². The topological polar surface area (TPSA) is 68.0 Å². The first-order valence-electron chi connectivity index (χ1n) is 6.43. The molecule has 2 heterocycles. The molecule has 0 fully saturated rings. The van der Waals surface area contributed by atoms with Gasteiger partial charge in [0, 0.05) is 24.4 Å². The summed E-state index contributed by atoms with van der Waals surface area (Å²) in [6, 6.07) is 7.16. The molecule has 3 aromatic rings. The Balaban J connectivity index is 2.23. The van der Waals surface area contributed by atoms with Crippen molar-refractivity contribution >= 4 is 11.1 Å². The summed E-state index contributed by atoms with van der Waals surface area (Å²) in [5.41, 5.74) is 3.91. The lowest BCUT2D eigenvalue weighted by molar-refractivity contribution is 0.513. The van der Waals surface area contributed by atoms with E-state index in [1.807, 2.05) is 32.0 Å². The first-order chi connectivity index (χ1) is 9.60. The average molecular weight is 270 g/mol. The predicted octanol–water partition coefficient (Wildman–Crippen LogP) is 2.28. The monoisotopic (exact) mass is 270 g/mol. The third-order valence-corrected chi connectivity index (χ3v) is 3.43. The lowest BCUT2D eigenvalue weighted by Gasteiger charge is -2.05. The van der Waals surface area contributed by atoms with Crippen LogP contribution < -0.4 is 11.3 Å². The van der Waals surface area contributed by atoms with Gasteiger partial charge in [-0.1, -0.05) is 6.07 Å². The SMILES string of the molecule is CCn1c(=O)oc2cc(-c3c[nH]c(=O)cc3C)ccc21. The molecule has 5 nitrogen and oxygen atoms in total. The number of H-pyrrole nitrogens is 1. The van der Waals surface area contributed by atoms with Crippen molar-refractivity contribution in [2.24, 2.45) is 0 Å². The smallest absolute Gasteiger partial charge is 0.408 e. The number of oxazole rings is 1. The second-order valence-corrected chi connectivity index (χ2v) is 4.69. The van der Waals surface area contributed by atoms with Gasteiger partial charge in [0.1, 0.15) is 0 Å². The van der Waals surface area contributed by atoms with Gasteiger partial charge in [-0.15, -0.1) is 0 Å². The van der Waals surface area contributed by atoms with E-state index < -0.39 is 0 Å². The Labute approximate surface area is 114 Å². The van der Waals surface area contributed by atoms with Crippen molar-refractivity contribution in [1.82, 2.24) is 9.55 Å². The van der Waals surface area contributed by atoms with Gasteiger partial charge in [-0.25, -0.2) is 4.79 Å². The zero-order valence-electron chi connectivity index (χ0n) is 11.3. The third-order valence-electron chi connectivity index (χ3n) is 3.43. The lowest BCUT2D eigenvalue weighted by Crippen LogP contribution is -2.11. The minimum atomic E-state index is -0.349. The summed E-state index contributed by atoms with van der Waals surface area (Å²) in [5.74, 6) is -0.349. The molecule has 0 saturated heterocycles. The van der Waals surface area contributed by atoms with Crippen LogP contribution in [0.4, 0.5) is 0 Å². The standard InChI is InChI=1S/C15H14N2O3/c1-3-17-12-5-4-10(7-13(12)20-15(17)19)11-8-16-14(18)6-9(11)2/h4-8H,3H2,1-2H3,(H,16,18). The van der Waals surface area contributed by atoms with Gasteiger partial charge in [0.05, 0.1) is 5.52 Å². The molecule has 0 saturated carbocycles. The second kappa shape index (κ2) is 4.52. The Morgan fingerprint density at radius 1 is 1.25 bits per heavy atom. The van der Waals surface area contributed by atoms with Crippen molar-refractivity contribution in [3.8, 4) is 11.1 Å². The normalized spacial score (nSPS) is 11.1. The van der Waals surface area contributed by atoms with Gasteiger partial charge >= 0.3 is 5.76 Å². The van der Waals surface area contributed by atoms with E-state index in [1.54, 1.807) is 16.8 Å². The van der Waals surface area contributed by atoms with E-state index in [1.165, 1.54) is 0 Å². The van der Waals surface area contributed by atoms with Gasteiger partial charge in [-0.2, -0.15) is 0 Å². The number of rotatable bonds is 2. The summed E-state index contributed by atoms with van der Waals surface area (Å²) in [6.07, 6.45) is 1.67. The fourth-order valence-electron chi connectivity index (χ4n) is 2.42. The second-order valence-electron chi connectivity index (χ2n) is 4.69. The number of hydrogen-bond donors (Lipinski definition) is 1. The maximum atomic E-state index is 11.7. The minimum Gasteiger partial charge on any atom is -0.408 e. The maximum Gasteiger partial charge on any atom is 0.419 e. The number of nitrogens with one attached hydrogen (secondary N) is 1. The van der Waals surface area contributed by atoms with Gasteiger partial charge < -0.3 is 9.40 Å². The molecule has 0 radical (unpaired) electrons. The van der Waals surface area contributed by atoms with E-state index in [0.717, 1.165) is 22.2 Å². The molecule has 1 N–H and O–H groups in total. The highest BCUT2D eigenvalue weighted by atomic mass is 16.4. The number of benzene rings is 1. The summed E-state index contributed by atoms with van der Waals surface area (Å²) >= 11 is 0. The maximum absolute atomic E-state index is 11.7. The average Bonchev–Trinajstić information content (AvgIpc) is 2.72. The van der Waals surface area contributed by atoms with E-state index in [0.29, 0.717) is 12.1 Å². The lowest BCUT2D eigenvalue weighted by atomic mass is 10.0. The zero-order chi connectivity index (χ0) is 14.3. The number of nitrogens with zero attached hydrogens (tertiary/aromatic N) is 1. The predicted molar refractivity (Wildman–Crippen MR) is 76.9 cm³/mol. The van der Waals surface area contributed by atoms with Crippen LogP contribution >= 0.6 is 0 Å². The first-order valence-corrected chi connectivity index (χ1v) is 6.43. The van der Waals surface area contributed by atoms with Gasteiger partial charge in [-0.05, 0) is 37.1 Å². The van der Waals surface area contributed by atoms with Crippen molar-refractivity contribution in [3.63, 3.8) is 0 Å². The van der Waals surface area contributed by atoms with Crippen LogP contribution in [-0.2, 0) is 6.54 Å². The van der Waals surface area contributed by atoms with Crippen LogP contribution in [-0.4, -0.2) is 9.55 Å². The Hall–Kier alpha value is -2.56. The molecule has 102 valence electrons. The van der Waals surface area contributed by atoms with Crippen molar-refractivity contribution in [3.05, 3.63) is 56.9 Å². The molecule has 0 atom stereocenters. The van der Waals surface area contributed by atoms with Gasteiger partial charge in [0.15, 0.2) is 5.58 Å². The third kappa shape index (κ3) is 1.87. The van der Waals surface area contributed by atoms with Crippen molar-refractivity contribution < 1.29 is 4.42 Å². The van der Waals surface area contributed by atoms with E-state index in [2.05, 4.69) is 4.98 Å². The number of hydrogen-bond acceptors (Lipinski definition) is 3. The molecule has 3 rings (SSSR count). The van der Waals surface area contributed by atoms with E-state index in [-0.39, 0.29) is 11.3 Å². The molecular weight excluding hydrogens is 256 g/mol. The first kappa shape index (κ1) is 12.5. The summed E-state index contributed by atoms with van der Waals surface area (Å²) in [7, 11) is 0. The summed E-state index contributed by atoms with van der Waals surface area (Å²) in [4.78, 5) is 25.6. The summed E-state index contributed by atoms with van der Waals surface area (Å²) < 4.78 is 6.83.